The molecule has 0 saturated carbocycles. The average molecular weight is 249 g/mol. The van der Waals surface area contributed by atoms with E-state index in [1.54, 1.807) is 0 Å². The summed E-state index contributed by atoms with van der Waals surface area (Å²) in [5.41, 5.74) is 0. The van der Waals surface area contributed by atoms with Crippen molar-refractivity contribution >= 4 is 11.6 Å². The van der Waals surface area contributed by atoms with E-state index in [0.29, 0.717) is 5.03 Å². The van der Waals surface area contributed by atoms with Gasteiger partial charge in [-0.25, -0.2) is 0 Å². The van der Waals surface area contributed by atoms with Crippen LogP contribution in [-0.2, 0) is 0 Å². The molecule has 2 nitrogen and oxygen atoms in total. The summed E-state index contributed by atoms with van der Waals surface area (Å²) in [5, 5.41) is 9.93. The summed E-state index contributed by atoms with van der Waals surface area (Å²) in [5.74, 6) is 0. The van der Waals surface area contributed by atoms with E-state index >= 15 is 0 Å². The number of quaternary nitrogens is 1. The zero-order chi connectivity index (χ0) is 12.4. The predicted molar refractivity (Wildman–Crippen MR) is 71.6 cm³/mol. The largest absolute Gasteiger partial charge is 0.391 e. The summed E-state index contributed by atoms with van der Waals surface area (Å²) in [6.45, 7) is 12.2. The Morgan fingerprint density at radius 2 is 1.62 bits per heavy atom. The molecule has 3 heteroatoms. The molecule has 0 aromatic heterocycles. The third-order valence-electron chi connectivity index (χ3n) is 3.05. The molecule has 0 amide bonds. The molecular weight excluding hydrogens is 222 g/mol. The van der Waals surface area contributed by atoms with Crippen molar-refractivity contribution in [1.29, 1.82) is 0 Å². The van der Waals surface area contributed by atoms with Crippen molar-refractivity contribution in [1.82, 2.24) is 0 Å². The first-order valence-corrected chi connectivity index (χ1v) is 6.77. The van der Waals surface area contributed by atoms with E-state index in [9.17, 15) is 5.11 Å². The van der Waals surface area contributed by atoms with Gasteiger partial charge in [0, 0.05) is 0 Å². The van der Waals surface area contributed by atoms with Crippen molar-refractivity contribution in [3.8, 4) is 0 Å². The number of nitrogens with zero attached hydrogens (tertiary/aromatic N) is 1. The molecule has 0 rings (SSSR count). The molecule has 16 heavy (non-hydrogen) atoms. The molecule has 0 aliphatic carbocycles. The van der Waals surface area contributed by atoms with Gasteiger partial charge in [0.15, 0.2) is 0 Å². The number of aliphatic hydroxyl groups excluding tert-OH is 1. The van der Waals surface area contributed by atoms with E-state index in [0.717, 1.165) is 30.7 Å². The van der Waals surface area contributed by atoms with Crippen LogP contribution in [0.25, 0.3) is 0 Å². The highest BCUT2D eigenvalue weighted by Gasteiger charge is 2.26. The van der Waals surface area contributed by atoms with Crippen molar-refractivity contribution in [2.24, 2.45) is 0 Å². The van der Waals surface area contributed by atoms with Gasteiger partial charge in [-0.3, -0.25) is 0 Å². The minimum absolute atomic E-state index is 0.234. The number of unbranched alkanes of at least 4 members (excludes halogenated alkanes) is 2. The highest BCUT2D eigenvalue weighted by Crippen LogP contribution is 2.16. The predicted octanol–water partition coefficient (Wildman–Crippen LogP) is 3.15. The van der Waals surface area contributed by atoms with E-state index in [2.05, 4.69) is 20.4 Å². The summed E-state index contributed by atoms with van der Waals surface area (Å²) >= 11 is 5.96. The summed E-state index contributed by atoms with van der Waals surface area (Å²) < 4.78 is 0.903. The normalized spacial score (nSPS) is 11.8. The standard InChI is InChI=1S/C13H27ClNO/c1-4-6-8-15(10-11-16,9-7-5-2)12-13(3)14/h16H,3-12H2,1-2H3/q+1. The van der Waals surface area contributed by atoms with Crippen LogP contribution < -0.4 is 0 Å². The molecule has 0 saturated heterocycles. The van der Waals surface area contributed by atoms with E-state index < -0.39 is 0 Å². The Kier molecular flexibility index (Phi) is 9.00. The zero-order valence-electron chi connectivity index (χ0n) is 10.8. The van der Waals surface area contributed by atoms with Gasteiger partial charge in [-0.15, -0.1) is 0 Å². The van der Waals surface area contributed by atoms with Crippen LogP contribution in [0.5, 0.6) is 0 Å². The molecule has 0 bridgehead atoms. The van der Waals surface area contributed by atoms with Gasteiger partial charge in [-0.05, 0) is 12.8 Å². The summed E-state index contributed by atoms with van der Waals surface area (Å²) in [6.07, 6.45) is 4.75. The Labute approximate surface area is 105 Å². The number of hydrogen-bond donors (Lipinski definition) is 1. The monoisotopic (exact) mass is 248 g/mol. The van der Waals surface area contributed by atoms with Gasteiger partial charge in [0.2, 0.25) is 0 Å². The van der Waals surface area contributed by atoms with Gasteiger partial charge in [0.05, 0.1) is 24.7 Å². The average Bonchev–Trinajstić information content (AvgIpc) is 2.23. The highest BCUT2D eigenvalue weighted by atomic mass is 35.5. The Balaban J connectivity index is 4.51. The first kappa shape index (κ1) is 16.0. The fourth-order valence-corrected chi connectivity index (χ4v) is 2.39. The molecule has 0 atom stereocenters. The maximum Gasteiger partial charge on any atom is 0.115 e. The van der Waals surface area contributed by atoms with Crippen molar-refractivity contribution < 1.29 is 9.59 Å². The molecule has 0 aromatic carbocycles. The van der Waals surface area contributed by atoms with Crippen molar-refractivity contribution in [3.05, 3.63) is 11.6 Å². The lowest BCUT2D eigenvalue weighted by molar-refractivity contribution is -0.924. The lowest BCUT2D eigenvalue weighted by Gasteiger charge is -2.38. The smallest absolute Gasteiger partial charge is 0.115 e. The topological polar surface area (TPSA) is 20.2 Å². The third kappa shape index (κ3) is 6.51. The van der Waals surface area contributed by atoms with Crippen molar-refractivity contribution in [2.75, 3.05) is 32.8 Å². The first-order chi connectivity index (χ1) is 7.60. The SMILES string of the molecule is C=C(Cl)C[N+](CCO)(CCCC)CCCC. The molecule has 0 heterocycles. The van der Waals surface area contributed by atoms with Crippen LogP contribution in [0.15, 0.2) is 11.6 Å². The summed E-state index contributed by atoms with van der Waals surface area (Å²) in [7, 11) is 0. The first-order valence-electron chi connectivity index (χ1n) is 6.39. The van der Waals surface area contributed by atoms with Gasteiger partial charge in [-0.2, -0.15) is 0 Å². The van der Waals surface area contributed by atoms with E-state index in [-0.39, 0.29) is 6.61 Å². The molecule has 0 unspecified atom stereocenters. The second kappa shape index (κ2) is 9.03. The maximum atomic E-state index is 9.23. The number of aliphatic hydroxyl groups is 1. The lowest BCUT2D eigenvalue weighted by Crippen LogP contribution is -2.51. The minimum Gasteiger partial charge on any atom is -0.391 e. The van der Waals surface area contributed by atoms with Crippen LogP contribution in [0.4, 0.5) is 0 Å². The minimum atomic E-state index is 0.234. The van der Waals surface area contributed by atoms with Crippen molar-refractivity contribution in [2.45, 2.75) is 39.5 Å². The molecule has 96 valence electrons. The Bertz CT molecular complexity index is 186. The van der Waals surface area contributed by atoms with E-state index in [1.807, 2.05) is 0 Å². The highest BCUT2D eigenvalue weighted by molar-refractivity contribution is 6.29. The fourth-order valence-electron chi connectivity index (χ4n) is 2.14. The zero-order valence-corrected chi connectivity index (χ0v) is 11.6. The van der Waals surface area contributed by atoms with Gasteiger partial charge in [-0.1, -0.05) is 44.9 Å². The van der Waals surface area contributed by atoms with Crippen LogP contribution in [0, 0.1) is 0 Å². The van der Waals surface area contributed by atoms with Gasteiger partial charge < -0.3 is 9.59 Å². The van der Waals surface area contributed by atoms with E-state index in [4.69, 9.17) is 11.6 Å². The number of hydrogen-bond acceptors (Lipinski definition) is 1. The third-order valence-corrected chi connectivity index (χ3v) is 3.17. The quantitative estimate of drug-likeness (QED) is 0.589. The van der Waals surface area contributed by atoms with Crippen LogP contribution >= 0.6 is 11.6 Å². The molecule has 0 radical (unpaired) electrons. The van der Waals surface area contributed by atoms with Gasteiger partial charge in [0.25, 0.3) is 0 Å². The Hall–Kier alpha value is -0.0500. The fraction of sp³-hybridized carbons (Fsp3) is 0.846. The van der Waals surface area contributed by atoms with Gasteiger partial charge in [0.1, 0.15) is 13.1 Å². The second-order valence-corrected chi connectivity index (χ2v) is 5.15. The molecule has 0 aliphatic rings. The van der Waals surface area contributed by atoms with Gasteiger partial charge >= 0.3 is 0 Å². The van der Waals surface area contributed by atoms with E-state index in [1.165, 1.54) is 25.7 Å². The molecule has 0 fully saturated rings. The Morgan fingerprint density at radius 1 is 1.12 bits per heavy atom. The van der Waals surface area contributed by atoms with Crippen molar-refractivity contribution in [3.63, 3.8) is 0 Å². The summed E-state index contributed by atoms with van der Waals surface area (Å²) in [6, 6.07) is 0. The molecular formula is C13H27ClNO+. The molecule has 0 aromatic rings. The lowest BCUT2D eigenvalue weighted by atomic mass is 10.2. The molecule has 1 N–H and O–H groups in total. The second-order valence-electron chi connectivity index (χ2n) is 4.62. The molecule has 0 aliphatic heterocycles. The van der Waals surface area contributed by atoms with Crippen LogP contribution in [0.1, 0.15) is 39.5 Å². The van der Waals surface area contributed by atoms with Crippen LogP contribution in [-0.4, -0.2) is 42.4 Å². The summed E-state index contributed by atoms with van der Waals surface area (Å²) in [4.78, 5) is 0. The Morgan fingerprint density at radius 3 is 1.94 bits per heavy atom. The number of rotatable bonds is 10. The molecule has 0 spiro atoms. The van der Waals surface area contributed by atoms with Crippen LogP contribution in [0.3, 0.4) is 0 Å². The maximum absolute atomic E-state index is 9.23. The van der Waals surface area contributed by atoms with Crippen LogP contribution in [0.2, 0.25) is 0 Å². The number of halogens is 1.